The van der Waals surface area contributed by atoms with E-state index in [9.17, 15) is 5.11 Å². The number of fused-ring (bicyclic) bond motifs is 1. The lowest BCUT2D eigenvalue weighted by molar-refractivity contribution is 0.221. The number of H-pyrrole nitrogens is 1. The average molecular weight is 398 g/mol. The molecule has 28 heavy (non-hydrogen) atoms. The quantitative estimate of drug-likeness (QED) is 0.510. The smallest absolute Gasteiger partial charge is 0.258 e. The number of aliphatic hydroxyl groups excluding tert-OH is 1. The van der Waals surface area contributed by atoms with Crippen LogP contribution in [0, 0.1) is 0 Å². The lowest BCUT2D eigenvalue weighted by Crippen LogP contribution is -2.50. The molecule has 0 amide bonds. The van der Waals surface area contributed by atoms with E-state index in [1.165, 1.54) is 0 Å². The van der Waals surface area contributed by atoms with Gasteiger partial charge in [-0.25, -0.2) is 4.98 Å². The van der Waals surface area contributed by atoms with Gasteiger partial charge in [0, 0.05) is 35.1 Å². The fourth-order valence-corrected chi connectivity index (χ4v) is 9.79. The Morgan fingerprint density at radius 1 is 1.04 bits per heavy atom. The Bertz CT molecular complexity index is 900. The van der Waals surface area contributed by atoms with Crippen molar-refractivity contribution < 1.29 is 9.53 Å². The van der Waals surface area contributed by atoms with E-state index < -0.39 is 14.4 Å². The third kappa shape index (κ3) is 3.58. The average Bonchev–Trinajstić information content (AvgIpc) is 3.08. The van der Waals surface area contributed by atoms with E-state index in [0.29, 0.717) is 16.6 Å². The van der Waals surface area contributed by atoms with Gasteiger partial charge in [-0.2, -0.15) is 0 Å². The van der Waals surface area contributed by atoms with Gasteiger partial charge in [0.05, 0.1) is 6.20 Å². The second kappa shape index (κ2) is 8.05. The van der Waals surface area contributed by atoms with Crippen LogP contribution in [0.1, 0.15) is 58.8 Å². The van der Waals surface area contributed by atoms with Crippen molar-refractivity contribution >= 4 is 19.4 Å². The summed E-state index contributed by atoms with van der Waals surface area (Å²) in [6.45, 7) is 13.6. The topological polar surface area (TPSA) is 71.0 Å². The van der Waals surface area contributed by atoms with Crippen LogP contribution in [0.25, 0.3) is 11.0 Å². The van der Waals surface area contributed by atoms with Crippen molar-refractivity contribution in [3.8, 4) is 5.75 Å². The molecule has 0 aliphatic carbocycles. The highest BCUT2D eigenvalue weighted by Gasteiger charge is 2.47. The number of nitrogens with zero attached hydrogens (tertiary/aromatic N) is 2. The molecule has 3 aromatic rings. The Balaban J connectivity index is 2.02. The van der Waals surface area contributed by atoms with Crippen molar-refractivity contribution in [2.45, 2.75) is 64.3 Å². The number of aromatic nitrogens is 3. The molecule has 0 aromatic carbocycles. The van der Waals surface area contributed by atoms with Crippen molar-refractivity contribution in [2.75, 3.05) is 0 Å². The van der Waals surface area contributed by atoms with E-state index in [2.05, 4.69) is 56.5 Å². The van der Waals surface area contributed by atoms with Crippen LogP contribution in [0.5, 0.6) is 5.75 Å². The molecule has 0 saturated heterocycles. The molecule has 0 radical (unpaired) electrons. The fraction of sp³-hybridized carbons (Fsp3) is 0.455. The summed E-state index contributed by atoms with van der Waals surface area (Å²) in [5.74, 6) is 0.787. The largest absolute Gasteiger partial charge is 0.542 e. The zero-order valence-electron chi connectivity index (χ0n) is 17.6. The molecule has 1 atom stereocenters. The fourth-order valence-electron chi connectivity index (χ4n) is 4.56. The summed E-state index contributed by atoms with van der Waals surface area (Å²) in [6.07, 6.45) is 6.24. The van der Waals surface area contributed by atoms with Gasteiger partial charge in [-0.15, -0.1) is 0 Å². The third-order valence-corrected chi connectivity index (χ3v) is 11.8. The van der Waals surface area contributed by atoms with E-state index in [0.717, 1.165) is 27.9 Å². The van der Waals surface area contributed by atoms with Gasteiger partial charge in [-0.3, -0.25) is 4.98 Å². The number of pyridine rings is 2. The summed E-state index contributed by atoms with van der Waals surface area (Å²) in [5, 5.41) is 11.7. The van der Waals surface area contributed by atoms with Gasteiger partial charge in [0.15, 0.2) is 0 Å². The number of hydrogen-bond acceptors (Lipinski definition) is 4. The van der Waals surface area contributed by atoms with Crippen molar-refractivity contribution in [1.29, 1.82) is 0 Å². The highest BCUT2D eigenvalue weighted by atomic mass is 28.4. The SMILES string of the molecule is CC(C)[Si](Oc1cnc2[nH]cc(C(O)c3cccnc3)c2c1)(C(C)C)C(C)C. The molecular weight excluding hydrogens is 366 g/mol. The molecule has 5 nitrogen and oxygen atoms in total. The summed E-state index contributed by atoms with van der Waals surface area (Å²) in [7, 11) is -2.07. The number of hydrogen-bond donors (Lipinski definition) is 2. The van der Waals surface area contributed by atoms with Crippen molar-refractivity contribution in [2.24, 2.45) is 0 Å². The lowest BCUT2D eigenvalue weighted by Gasteiger charge is -2.42. The zero-order chi connectivity index (χ0) is 20.5. The molecule has 0 bridgehead atoms. The summed E-state index contributed by atoms with van der Waals surface area (Å²) >= 11 is 0. The minimum absolute atomic E-state index is 0.481. The standard InChI is InChI=1S/C22H31N3O2Si/c1-14(2)28(15(3)4,16(5)6)27-18-10-19-20(13-25-22(19)24-12-18)21(26)17-8-7-9-23-11-17/h7-16,21,26H,1-6H3,(H,24,25). The second-order valence-electron chi connectivity index (χ2n) is 8.42. The predicted molar refractivity (Wildman–Crippen MR) is 116 cm³/mol. The van der Waals surface area contributed by atoms with Gasteiger partial charge in [-0.1, -0.05) is 47.6 Å². The van der Waals surface area contributed by atoms with Gasteiger partial charge in [-0.05, 0) is 28.8 Å². The van der Waals surface area contributed by atoms with Crippen LogP contribution in [0.2, 0.25) is 16.6 Å². The molecule has 2 N–H and O–H groups in total. The summed E-state index contributed by atoms with van der Waals surface area (Å²) in [6, 6.07) is 5.72. The highest BCUT2D eigenvalue weighted by Crippen LogP contribution is 2.43. The number of aromatic amines is 1. The van der Waals surface area contributed by atoms with Gasteiger partial charge >= 0.3 is 0 Å². The first-order valence-corrected chi connectivity index (χ1v) is 12.1. The van der Waals surface area contributed by atoms with Crippen molar-refractivity contribution in [1.82, 2.24) is 15.0 Å². The van der Waals surface area contributed by atoms with E-state index in [-0.39, 0.29) is 0 Å². The number of nitrogens with one attached hydrogen (secondary N) is 1. The maximum atomic E-state index is 10.8. The molecule has 3 aromatic heterocycles. The van der Waals surface area contributed by atoms with Crippen LogP contribution in [0.3, 0.4) is 0 Å². The molecule has 0 saturated carbocycles. The van der Waals surface area contributed by atoms with Crippen molar-refractivity contribution in [3.63, 3.8) is 0 Å². The van der Waals surface area contributed by atoms with Gasteiger partial charge < -0.3 is 14.5 Å². The zero-order valence-corrected chi connectivity index (χ0v) is 18.6. The normalized spacial score (nSPS) is 13.6. The molecule has 3 rings (SSSR count). The first-order valence-electron chi connectivity index (χ1n) is 10.0. The van der Waals surface area contributed by atoms with Crippen LogP contribution in [-0.4, -0.2) is 28.4 Å². The maximum absolute atomic E-state index is 10.8. The molecule has 3 heterocycles. The Morgan fingerprint density at radius 3 is 2.29 bits per heavy atom. The number of aliphatic hydroxyl groups is 1. The summed E-state index contributed by atoms with van der Waals surface area (Å²) < 4.78 is 6.77. The minimum Gasteiger partial charge on any atom is -0.542 e. The summed E-state index contributed by atoms with van der Waals surface area (Å²) in [5.41, 5.74) is 3.73. The van der Waals surface area contributed by atoms with E-state index in [4.69, 9.17) is 4.43 Å². The monoisotopic (exact) mass is 397 g/mol. The predicted octanol–water partition coefficient (Wildman–Crippen LogP) is 5.59. The Hall–Kier alpha value is -2.18. The van der Waals surface area contributed by atoms with Crippen LogP contribution in [0.15, 0.2) is 43.0 Å². The van der Waals surface area contributed by atoms with Crippen LogP contribution < -0.4 is 4.43 Å². The van der Waals surface area contributed by atoms with Gasteiger partial charge in [0.2, 0.25) is 0 Å². The molecule has 0 aliphatic heterocycles. The Morgan fingerprint density at radius 2 is 1.71 bits per heavy atom. The molecule has 6 heteroatoms. The molecule has 1 unspecified atom stereocenters. The lowest BCUT2D eigenvalue weighted by atomic mass is 10.0. The van der Waals surface area contributed by atoms with Gasteiger partial charge in [0.25, 0.3) is 8.32 Å². The Kier molecular flexibility index (Phi) is 5.91. The molecule has 0 aliphatic rings. The van der Waals surface area contributed by atoms with E-state index >= 15 is 0 Å². The Labute approximate surface area is 168 Å². The van der Waals surface area contributed by atoms with Crippen LogP contribution in [-0.2, 0) is 0 Å². The highest BCUT2D eigenvalue weighted by molar-refractivity contribution is 6.78. The molecule has 0 fully saturated rings. The van der Waals surface area contributed by atoms with E-state index in [1.807, 2.05) is 24.4 Å². The minimum atomic E-state index is -2.07. The first kappa shape index (κ1) is 20.5. The molecule has 150 valence electrons. The first-order chi connectivity index (χ1) is 13.3. The molecular formula is C22H31N3O2Si. The van der Waals surface area contributed by atoms with Gasteiger partial charge in [0.1, 0.15) is 17.5 Å². The summed E-state index contributed by atoms with van der Waals surface area (Å²) in [4.78, 5) is 11.8. The third-order valence-electron chi connectivity index (χ3n) is 5.83. The molecule has 0 spiro atoms. The number of rotatable bonds is 7. The van der Waals surface area contributed by atoms with Crippen molar-refractivity contribution in [3.05, 3.63) is 54.1 Å². The van der Waals surface area contributed by atoms with Crippen LogP contribution in [0.4, 0.5) is 0 Å². The van der Waals surface area contributed by atoms with Crippen LogP contribution >= 0.6 is 0 Å². The second-order valence-corrected chi connectivity index (χ2v) is 13.8. The maximum Gasteiger partial charge on any atom is 0.258 e. The van der Waals surface area contributed by atoms with E-state index in [1.54, 1.807) is 18.6 Å².